The van der Waals surface area contributed by atoms with Crippen LogP contribution in [-0.4, -0.2) is 19.4 Å². The quantitative estimate of drug-likeness (QED) is 0.817. The summed E-state index contributed by atoms with van der Waals surface area (Å²) >= 11 is 1.82. The Morgan fingerprint density at radius 2 is 1.82 bits per heavy atom. The summed E-state index contributed by atoms with van der Waals surface area (Å²) in [4.78, 5) is 1.21. The standard InChI is InChI=1S/C14H23NOS/c1-10-6-12(16-5)13(7-11(10)2)17-9-14(3,4)8-15/h6-7H,8-9,15H2,1-5H3. The molecule has 0 aliphatic carbocycles. The van der Waals surface area contributed by atoms with E-state index in [1.54, 1.807) is 7.11 Å². The minimum absolute atomic E-state index is 0.161. The van der Waals surface area contributed by atoms with E-state index >= 15 is 0 Å². The molecular weight excluding hydrogens is 230 g/mol. The largest absolute Gasteiger partial charge is 0.496 e. The molecule has 0 bridgehead atoms. The first-order chi connectivity index (χ1) is 7.89. The van der Waals surface area contributed by atoms with Crippen molar-refractivity contribution in [3.8, 4) is 5.75 Å². The molecule has 0 aromatic heterocycles. The summed E-state index contributed by atoms with van der Waals surface area (Å²) in [5.41, 5.74) is 8.48. The van der Waals surface area contributed by atoms with Gasteiger partial charge in [-0.25, -0.2) is 0 Å². The first-order valence-corrected chi connectivity index (χ1v) is 6.86. The van der Waals surface area contributed by atoms with Gasteiger partial charge in [0.25, 0.3) is 0 Å². The van der Waals surface area contributed by atoms with Crippen molar-refractivity contribution in [2.24, 2.45) is 11.1 Å². The normalized spacial score (nSPS) is 11.6. The van der Waals surface area contributed by atoms with Crippen molar-refractivity contribution in [1.82, 2.24) is 0 Å². The predicted octanol–water partition coefficient (Wildman–Crippen LogP) is 3.39. The maximum Gasteiger partial charge on any atom is 0.132 e. The molecule has 0 atom stereocenters. The zero-order valence-electron chi connectivity index (χ0n) is 11.5. The highest BCUT2D eigenvalue weighted by atomic mass is 32.2. The van der Waals surface area contributed by atoms with Gasteiger partial charge in [-0.3, -0.25) is 0 Å². The van der Waals surface area contributed by atoms with Crippen LogP contribution >= 0.6 is 11.8 Å². The molecule has 0 heterocycles. The van der Waals surface area contributed by atoms with Crippen molar-refractivity contribution in [1.29, 1.82) is 0 Å². The van der Waals surface area contributed by atoms with Crippen LogP contribution in [0.4, 0.5) is 0 Å². The lowest BCUT2D eigenvalue weighted by Crippen LogP contribution is -2.25. The fraction of sp³-hybridized carbons (Fsp3) is 0.571. The van der Waals surface area contributed by atoms with Crippen molar-refractivity contribution < 1.29 is 4.74 Å². The molecule has 0 unspecified atom stereocenters. The minimum atomic E-state index is 0.161. The summed E-state index contributed by atoms with van der Waals surface area (Å²) in [6, 6.07) is 4.30. The van der Waals surface area contributed by atoms with Crippen LogP contribution in [0.3, 0.4) is 0 Å². The van der Waals surface area contributed by atoms with Gasteiger partial charge in [-0.1, -0.05) is 13.8 Å². The predicted molar refractivity (Wildman–Crippen MR) is 76.0 cm³/mol. The second-order valence-corrected chi connectivity index (χ2v) is 6.26. The topological polar surface area (TPSA) is 35.2 Å². The Kier molecular flexibility index (Phi) is 4.90. The molecule has 0 saturated carbocycles. The highest BCUT2D eigenvalue weighted by Gasteiger charge is 2.17. The molecule has 0 fully saturated rings. The molecule has 0 amide bonds. The highest BCUT2D eigenvalue weighted by molar-refractivity contribution is 7.99. The molecule has 96 valence electrons. The van der Waals surface area contributed by atoms with E-state index in [9.17, 15) is 0 Å². The molecule has 1 aromatic rings. The van der Waals surface area contributed by atoms with Crippen molar-refractivity contribution >= 4 is 11.8 Å². The first-order valence-electron chi connectivity index (χ1n) is 5.88. The summed E-state index contributed by atoms with van der Waals surface area (Å²) in [6.07, 6.45) is 0. The maximum atomic E-state index is 5.75. The maximum absolute atomic E-state index is 5.75. The van der Waals surface area contributed by atoms with Crippen LogP contribution < -0.4 is 10.5 Å². The van der Waals surface area contributed by atoms with E-state index in [2.05, 4.69) is 39.8 Å². The minimum Gasteiger partial charge on any atom is -0.496 e. The molecule has 0 aliphatic heterocycles. The van der Waals surface area contributed by atoms with Crippen LogP contribution in [0.15, 0.2) is 17.0 Å². The van der Waals surface area contributed by atoms with E-state index in [0.29, 0.717) is 6.54 Å². The smallest absolute Gasteiger partial charge is 0.132 e. The van der Waals surface area contributed by atoms with Crippen LogP contribution in [0.1, 0.15) is 25.0 Å². The zero-order valence-corrected chi connectivity index (χ0v) is 12.3. The Morgan fingerprint density at radius 3 is 2.35 bits per heavy atom. The van der Waals surface area contributed by atoms with E-state index in [4.69, 9.17) is 10.5 Å². The molecule has 2 N–H and O–H groups in total. The average molecular weight is 253 g/mol. The first kappa shape index (κ1) is 14.4. The van der Waals surface area contributed by atoms with E-state index in [1.807, 2.05) is 11.8 Å². The third-order valence-electron chi connectivity index (χ3n) is 2.95. The zero-order chi connectivity index (χ0) is 13.1. The van der Waals surface area contributed by atoms with Gasteiger partial charge in [-0.15, -0.1) is 11.8 Å². The Morgan fingerprint density at radius 1 is 1.24 bits per heavy atom. The molecule has 0 radical (unpaired) electrons. The van der Waals surface area contributed by atoms with Crippen LogP contribution in [0.5, 0.6) is 5.75 Å². The Hall–Kier alpha value is -0.670. The molecule has 1 rings (SSSR count). The van der Waals surface area contributed by atoms with E-state index in [0.717, 1.165) is 11.5 Å². The number of ether oxygens (including phenoxy) is 1. The van der Waals surface area contributed by atoms with Gasteiger partial charge in [0.05, 0.1) is 7.11 Å². The molecule has 1 aromatic carbocycles. The van der Waals surface area contributed by atoms with Gasteiger partial charge < -0.3 is 10.5 Å². The fourth-order valence-corrected chi connectivity index (χ4v) is 2.58. The monoisotopic (exact) mass is 253 g/mol. The Bertz CT molecular complexity index is 388. The van der Waals surface area contributed by atoms with Crippen LogP contribution in [0.2, 0.25) is 0 Å². The van der Waals surface area contributed by atoms with E-state index < -0.39 is 0 Å². The lowest BCUT2D eigenvalue weighted by molar-refractivity contribution is 0.403. The molecule has 0 aliphatic rings. The summed E-state index contributed by atoms with van der Waals surface area (Å²) in [6.45, 7) is 9.32. The number of rotatable bonds is 5. The average Bonchev–Trinajstić information content (AvgIpc) is 2.30. The number of benzene rings is 1. The third kappa shape index (κ3) is 3.93. The Labute approximate surface area is 109 Å². The summed E-state index contributed by atoms with van der Waals surface area (Å²) in [5.74, 6) is 1.97. The van der Waals surface area contributed by atoms with Gasteiger partial charge in [0, 0.05) is 10.6 Å². The molecule has 17 heavy (non-hydrogen) atoms. The van der Waals surface area contributed by atoms with Crippen LogP contribution in [-0.2, 0) is 0 Å². The number of hydrogen-bond acceptors (Lipinski definition) is 3. The SMILES string of the molecule is COc1cc(C)c(C)cc1SCC(C)(C)CN. The van der Waals surface area contributed by atoms with Crippen molar-refractivity contribution in [3.05, 3.63) is 23.3 Å². The van der Waals surface area contributed by atoms with Crippen molar-refractivity contribution in [2.75, 3.05) is 19.4 Å². The summed E-state index contributed by atoms with van der Waals surface area (Å²) < 4.78 is 5.43. The van der Waals surface area contributed by atoms with Gasteiger partial charge in [-0.2, -0.15) is 0 Å². The molecule has 0 saturated heterocycles. The number of nitrogens with two attached hydrogens (primary N) is 1. The number of methoxy groups -OCH3 is 1. The van der Waals surface area contributed by atoms with Gasteiger partial charge >= 0.3 is 0 Å². The highest BCUT2D eigenvalue weighted by Crippen LogP contribution is 2.35. The molecular formula is C14H23NOS. The van der Waals surface area contributed by atoms with Crippen LogP contribution in [0.25, 0.3) is 0 Å². The summed E-state index contributed by atoms with van der Waals surface area (Å²) in [5, 5.41) is 0. The van der Waals surface area contributed by atoms with Gasteiger partial charge in [-0.05, 0) is 49.1 Å². The molecule has 0 spiro atoms. The molecule has 2 nitrogen and oxygen atoms in total. The Balaban J connectivity index is 2.87. The van der Waals surface area contributed by atoms with Gasteiger partial charge in [0.2, 0.25) is 0 Å². The van der Waals surface area contributed by atoms with Crippen molar-refractivity contribution in [2.45, 2.75) is 32.6 Å². The lowest BCUT2D eigenvalue weighted by atomic mass is 9.97. The lowest BCUT2D eigenvalue weighted by Gasteiger charge is -2.22. The third-order valence-corrected chi connectivity index (χ3v) is 4.51. The number of hydrogen-bond donors (Lipinski definition) is 1. The van der Waals surface area contributed by atoms with Gasteiger partial charge in [0.1, 0.15) is 5.75 Å². The second-order valence-electron chi connectivity index (χ2n) is 5.24. The fourth-order valence-electron chi connectivity index (χ4n) is 1.37. The number of aryl methyl sites for hydroxylation is 2. The summed E-state index contributed by atoms with van der Waals surface area (Å²) in [7, 11) is 1.72. The van der Waals surface area contributed by atoms with Gasteiger partial charge in [0.15, 0.2) is 0 Å². The van der Waals surface area contributed by atoms with Crippen LogP contribution in [0, 0.1) is 19.3 Å². The number of thioether (sulfide) groups is 1. The molecule has 3 heteroatoms. The van der Waals surface area contributed by atoms with E-state index in [1.165, 1.54) is 16.0 Å². The van der Waals surface area contributed by atoms with E-state index in [-0.39, 0.29) is 5.41 Å². The van der Waals surface area contributed by atoms with Crippen molar-refractivity contribution in [3.63, 3.8) is 0 Å². The second kappa shape index (κ2) is 5.78.